The summed E-state index contributed by atoms with van der Waals surface area (Å²) in [5, 5.41) is 6.45. The van der Waals surface area contributed by atoms with Gasteiger partial charge in [0.25, 0.3) is 0 Å². The van der Waals surface area contributed by atoms with Gasteiger partial charge in [0.15, 0.2) is 11.6 Å². The van der Waals surface area contributed by atoms with Gasteiger partial charge in [0.1, 0.15) is 5.82 Å². The molecule has 2 aromatic rings. The van der Waals surface area contributed by atoms with E-state index < -0.39 is 0 Å². The predicted octanol–water partition coefficient (Wildman–Crippen LogP) is 2.27. The number of benzene rings is 1. The summed E-state index contributed by atoms with van der Waals surface area (Å²) >= 11 is 0. The number of nitrogens with zero attached hydrogens (tertiary/aromatic N) is 1. The van der Waals surface area contributed by atoms with E-state index in [1.807, 2.05) is 0 Å². The summed E-state index contributed by atoms with van der Waals surface area (Å²) in [6.45, 7) is 4.48. The lowest BCUT2D eigenvalue weighted by Gasteiger charge is -2.19. The molecule has 0 fully saturated rings. The summed E-state index contributed by atoms with van der Waals surface area (Å²) in [5.41, 5.74) is 1.72. The maximum absolute atomic E-state index is 12.8. The smallest absolute Gasteiger partial charge is 0.198 e. The van der Waals surface area contributed by atoms with Crippen LogP contribution in [0.3, 0.4) is 0 Å². The Hall–Kier alpha value is -2.53. The molecule has 0 atom stereocenters. The number of carbonyl (C=O) groups is 2. The van der Waals surface area contributed by atoms with Crippen molar-refractivity contribution in [3.05, 3.63) is 58.8 Å². The summed E-state index contributed by atoms with van der Waals surface area (Å²) in [6, 6.07) is 8.55. The Bertz CT molecular complexity index is 756. The fourth-order valence-electron chi connectivity index (χ4n) is 2.74. The van der Waals surface area contributed by atoms with Crippen LogP contribution < -0.4 is 10.6 Å². The van der Waals surface area contributed by atoms with Gasteiger partial charge in [-0.1, -0.05) is 31.2 Å². The second kappa shape index (κ2) is 6.71. The van der Waals surface area contributed by atoms with E-state index in [0.29, 0.717) is 34.6 Å². The summed E-state index contributed by atoms with van der Waals surface area (Å²) < 4.78 is 0. The van der Waals surface area contributed by atoms with Gasteiger partial charge in [-0.05, 0) is 19.0 Å². The van der Waals surface area contributed by atoms with Gasteiger partial charge in [0.05, 0.1) is 5.56 Å². The molecule has 0 bridgehead atoms. The van der Waals surface area contributed by atoms with E-state index in [2.05, 4.69) is 22.5 Å². The van der Waals surface area contributed by atoms with Crippen LogP contribution in [0, 0.1) is 0 Å². The van der Waals surface area contributed by atoms with Gasteiger partial charge in [0, 0.05) is 36.0 Å². The number of rotatable bonds is 6. The average molecular weight is 309 g/mol. The number of anilines is 1. The molecule has 5 heteroatoms. The second-order valence-electron chi connectivity index (χ2n) is 5.46. The zero-order valence-electron chi connectivity index (χ0n) is 13.1. The molecule has 23 heavy (non-hydrogen) atoms. The van der Waals surface area contributed by atoms with Crippen molar-refractivity contribution < 1.29 is 9.59 Å². The molecular formula is C18H19N3O2. The number of hydrogen-bond donors (Lipinski definition) is 2. The predicted molar refractivity (Wildman–Crippen MR) is 89.2 cm³/mol. The molecule has 0 aliphatic heterocycles. The fraction of sp³-hybridized carbons (Fsp3) is 0.278. The highest BCUT2D eigenvalue weighted by Crippen LogP contribution is 2.30. The van der Waals surface area contributed by atoms with E-state index in [1.165, 1.54) is 0 Å². The first-order chi connectivity index (χ1) is 11.2. The van der Waals surface area contributed by atoms with Crippen LogP contribution in [0.1, 0.15) is 45.2 Å². The third-order valence-corrected chi connectivity index (χ3v) is 3.86. The monoisotopic (exact) mass is 309 g/mol. The van der Waals surface area contributed by atoms with Crippen molar-refractivity contribution in [2.45, 2.75) is 13.3 Å². The lowest BCUT2D eigenvalue weighted by atomic mass is 9.84. The van der Waals surface area contributed by atoms with Crippen LogP contribution in [0.5, 0.6) is 0 Å². The number of nitrogens with one attached hydrogen (secondary N) is 2. The Morgan fingerprint density at radius 3 is 2.39 bits per heavy atom. The topological polar surface area (TPSA) is 71.1 Å². The molecule has 0 saturated carbocycles. The molecule has 0 spiro atoms. The first-order valence-electron chi connectivity index (χ1n) is 7.86. The molecule has 1 aromatic heterocycles. The zero-order chi connectivity index (χ0) is 16.2. The Morgan fingerprint density at radius 2 is 1.65 bits per heavy atom. The molecule has 0 unspecified atom stereocenters. The normalized spacial score (nSPS) is 12.7. The zero-order valence-corrected chi connectivity index (χ0v) is 13.1. The molecular weight excluding hydrogens is 290 g/mol. The number of pyridine rings is 1. The van der Waals surface area contributed by atoms with Gasteiger partial charge in [0.2, 0.25) is 0 Å². The van der Waals surface area contributed by atoms with Crippen molar-refractivity contribution in [3.8, 4) is 0 Å². The summed E-state index contributed by atoms with van der Waals surface area (Å²) in [7, 11) is 0. The Morgan fingerprint density at radius 1 is 0.913 bits per heavy atom. The molecule has 1 aromatic carbocycles. The van der Waals surface area contributed by atoms with E-state index in [4.69, 9.17) is 0 Å². The number of aromatic nitrogens is 1. The van der Waals surface area contributed by atoms with E-state index in [0.717, 1.165) is 19.5 Å². The first-order valence-corrected chi connectivity index (χ1v) is 7.86. The van der Waals surface area contributed by atoms with Crippen molar-refractivity contribution in [3.63, 3.8) is 0 Å². The number of carbonyl (C=O) groups excluding carboxylic acids is 2. The third-order valence-electron chi connectivity index (χ3n) is 3.86. The SMILES string of the molecule is CCCNCCNc1nccc2c1C(=O)c1ccccc1C2=O. The van der Waals surface area contributed by atoms with Crippen LogP contribution in [0.15, 0.2) is 36.5 Å². The van der Waals surface area contributed by atoms with Crippen molar-refractivity contribution in [1.29, 1.82) is 0 Å². The van der Waals surface area contributed by atoms with Gasteiger partial charge in [-0.3, -0.25) is 9.59 Å². The van der Waals surface area contributed by atoms with Crippen molar-refractivity contribution in [2.75, 3.05) is 25.0 Å². The van der Waals surface area contributed by atoms with Gasteiger partial charge in [-0.15, -0.1) is 0 Å². The molecule has 0 saturated heterocycles. The number of ketones is 2. The molecule has 0 radical (unpaired) electrons. The quantitative estimate of drug-likeness (QED) is 0.684. The molecule has 1 aliphatic rings. The molecule has 118 valence electrons. The summed E-state index contributed by atoms with van der Waals surface area (Å²) in [5.74, 6) is 0.214. The minimum atomic E-state index is -0.146. The van der Waals surface area contributed by atoms with Crippen molar-refractivity contribution >= 4 is 17.4 Å². The minimum Gasteiger partial charge on any atom is -0.368 e. The minimum absolute atomic E-state index is 0.121. The van der Waals surface area contributed by atoms with Crippen LogP contribution >= 0.6 is 0 Å². The van der Waals surface area contributed by atoms with Gasteiger partial charge in [-0.25, -0.2) is 4.98 Å². The highest BCUT2D eigenvalue weighted by Gasteiger charge is 2.31. The Labute approximate surface area is 135 Å². The second-order valence-corrected chi connectivity index (χ2v) is 5.46. The lowest BCUT2D eigenvalue weighted by molar-refractivity contribution is 0.0979. The molecule has 5 nitrogen and oxygen atoms in total. The Kier molecular flexibility index (Phi) is 4.48. The molecule has 3 rings (SSSR count). The van der Waals surface area contributed by atoms with Crippen LogP contribution in [-0.4, -0.2) is 36.2 Å². The van der Waals surface area contributed by atoms with Crippen LogP contribution in [0.2, 0.25) is 0 Å². The van der Waals surface area contributed by atoms with Crippen molar-refractivity contribution in [1.82, 2.24) is 10.3 Å². The van der Waals surface area contributed by atoms with Gasteiger partial charge < -0.3 is 10.6 Å². The van der Waals surface area contributed by atoms with Gasteiger partial charge >= 0.3 is 0 Å². The maximum atomic E-state index is 12.8. The average Bonchev–Trinajstić information content (AvgIpc) is 2.59. The molecule has 0 amide bonds. The summed E-state index contributed by atoms with van der Waals surface area (Å²) in [4.78, 5) is 29.6. The highest BCUT2D eigenvalue weighted by molar-refractivity contribution is 6.29. The fourth-order valence-corrected chi connectivity index (χ4v) is 2.74. The molecule has 1 aliphatic carbocycles. The standard InChI is InChI=1S/C18H19N3O2/c1-2-8-19-10-11-21-18-15-14(7-9-20-18)16(22)12-5-3-4-6-13(12)17(15)23/h3-7,9,19H,2,8,10-11H2,1H3,(H,20,21). The number of hydrogen-bond acceptors (Lipinski definition) is 5. The molecule has 1 heterocycles. The van der Waals surface area contributed by atoms with E-state index in [1.54, 1.807) is 36.5 Å². The van der Waals surface area contributed by atoms with Crippen LogP contribution in [-0.2, 0) is 0 Å². The maximum Gasteiger partial charge on any atom is 0.198 e. The van der Waals surface area contributed by atoms with E-state index >= 15 is 0 Å². The third kappa shape index (κ3) is 2.87. The van der Waals surface area contributed by atoms with Crippen molar-refractivity contribution in [2.24, 2.45) is 0 Å². The first kappa shape index (κ1) is 15.4. The highest BCUT2D eigenvalue weighted by atomic mass is 16.1. The van der Waals surface area contributed by atoms with Gasteiger partial charge in [-0.2, -0.15) is 0 Å². The Balaban J connectivity index is 1.88. The van der Waals surface area contributed by atoms with Crippen LogP contribution in [0.4, 0.5) is 5.82 Å². The lowest BCUT2D eigenvalue weighted by Crippen LogP contribution is -2.26. The number of fused-ring (bicyclic) bond motifs is 2. The van der Waals surface area contributed by atoms with E-state index in [9.17, 15) is 9.59 Å². The van der Waals surface area contributed by atoms with Crippen LogP contribution in [0.25, 0.3) is 0 Å². The van der Waals surface area contributed by atoms with E-state index in [-0.39, 0.29) is 11.6 Å². The molecule has 2 N–H and O–H groups in total. The largest absolute Gasteiger partial charge is 0.368 e. The summed E-state index contributed by atoms with van der Waals surface area (Å²) in [6.07, 6.45) is 2.64.